The van der Waals surface area contributed by atoms with E-state index >= 15 is 0 Å². The maximum absolute atomic E-state index is 13.8. The average Bonchev–Trinajstić information content (AvgIpc) is 3.08. The molecule has 2 aromatic rings. The van der Waals surface area contributed by atoms with Gasteiger partial charge in [0.25, 0.3) is 11.8 Å². The molecular formula is C21H22ClF5N4O3. The molecule has 0 atom stereocenters. The zero-order valence-electron chi connectivity index (χ0n) is 18.1. The maximum atomic E-state index is 13.8. The second-order valence-corrected chi connectivity index (χ2v) is 9.13. The third kappa shape index (κ3) is 4.57. The Bertz CT molecular complexity index is 1120. The number of nitrogens with zero attached hydrogens (tertiary/aromatic N) is 4. The number of pyridine rings is 1. The number of carbonyl (C=O) groups excluding carboxylic acids is 2. The number of aliphatic hydroxyl groups excluding tert-OH is 1. The van der Waals surface area contributed by atoms with Crippen molar-refractivity contribution in [1.82, 2.24) is 19.4 Å². The second-order valence-electron chi connectivity index (χ2n) is 8.75. The molecule has 4 rings (SSSR count). The number of carbonyl (C=O) groups is 2. The van der Waals surface area contributed by atoms with Gasteiger partial charge in [-0.15, -0.1) is 0 Å². The molecule has 2 aliphatic rings. The van der Waals surface area contributed by atoms with Gasteiger partial charge < -0.3 is 14.9 Å². The van der Waals surface area contributed by atoms with Gasteiger partial charge in [0.2, 0.25) is 5.91 Å². The van der Waals surface area contributed by atoms with Crippen LogP contribution in [0.15, 0.2) is 12.1 Å². The Morgan fingerprint density at radius 2 is 1.76 bits per heavy atom. The third-order valence-corrected chi connectivity index (χ3v) is 6.70. The first kappa shape index (κ1) is 24.6. The molecular weight excluding hydrogens is 487 g/mol. The molecule has 0 radical (unpaired) electrons. The SMILES string of the molecule is CC(F)(F)c1cc(C(F)(F)F)n2nc(C(=O)N3CCN([C@H]4CC[C@H](O)CC4)C(=O)C3)c(Cl)c2c1. The molecule has 1 aliphatic heterocycles. The Morgan fingerprint density at radius 3 is 2.32 bits per heavy atom. The molecule has 2 amide bonds. The van der Waals surface area contributed by atoms with E-state index < -0.39 is 45.5 Å². The van der Waals surface area contributed by atoms with Crippen LogP contribution in [0.4, 0.5) is 22.0 Å². The van der Waals surface area contributed by atoms with Crippen LogP contribution in [0.25, 0.3) is 5.52 Å². The number of aromatic nitrogens is 2. The van der Waals surface area contributed by atoms with Crippen molar-refractivity contribution < 1.29 is 36.6 Å². The largest absolute Gasteiger partial charge is 0.433 e. The molecule has 186 valence electrons. The molecule has 7 nitrogen and oxygen atoms in total. The van der Waals surface area contributed by atoms with Crippen molar-refractivity contribution in [3.05, 3.63) is 34.1 Å². The minimum Gasteiger partial charge on any atom is -0.393 e. The van der Waals surface area contributed by atoms with Crippen molar-refractivity contribution >= 4 is 28.9 Å². The van der Waals surface area contributed by atoms with Crippen LogP contribution >= 0.6 is 11.6 Å². The molecule has 0 aromatic carbocycles. The predicted octanol–water partition coefficient (Wildman–Crippen LogP) is 3.71. The number of fused-ring (bicyclic) bond motifs is 1. The minimum atomic E-state index is -5.04. The molecule has 2 fully saturated rings. The fourth-order valence-electron chi connectivity index (χ4n) is 4.48. The van der Waals surface area contributed by atoms with E-state index in [1.165, 1.54) is 0 Å². The molecule has 0 bridgehead atoms. The summed E-state index contributed by atoms with van der Waals surface area (Å²) in [6.45, 7) is 0.467. The van der Waals surface area contributed by atoms with E-state index in [1.807, 2.05) is 0 Å². The lowest BCUT2D eigenvalue weighted by Gasteiger charge is -2.41. The number of halogens is 6. The molecule has 13 heteroatoms. The molecule has 3 heterocycles. The van der Waals surface area contributed by atoms with E-state index in [4.69, 9.17) is 11.6 Å². The average molecular weight is 509 g/mol. The topological polar surface area (TPSA) is 78.2 Å². The molecule has 34 heavy (non-hydrogen) atoms. The zero-order chi connectivity index (χ0) is 25.0. The number of hydrogen-bond acceptors (Lipinski definition) is 4. The van der Waals surface area contributed by atoms with Gasteiger partial charge in [-0.05, 0) is 37.8 Å². The van der Waals surface area contributed by atoms with Crippen molar-refractivity contribution in [1.29, 1.82) is 0 Å². The molecule has 1 N–H and O–H groups in total. The molecule has 0 spiro atoms. The van der Waals surface area contributed by atoms with E-state index in [-0.39, 0.29) is 43.8 Å². The number of aliphatic hydroxyl groups is 1. The monoisotopic (exact) mass is 508 g/mol. The van der Waals surface area contributed by atoms with Gasteiger partial charge in [0, 0.05) is 31.6 Å². The molecule has 1 aliphatic carbocycles. The van der Waals surface area contributed by atoms with Gasteiger partial charge in [0.15, 0.2) is 5.69 Å². The Balaban J connectivity index is 1.62. The zero-order valence-corrected chi connectivity index (χ0v) is 18.8. The number of amides is 2. The number of piperazine rings is 1. The van der Waals surface area contributed by atoms with Crippen molar-refractivity contribution in [2.75, 3.05) is 19.6 Å². The van der Waals surface area contributed by atoms with Gasteiger partial charge in [-0.25, -0.2) is 13.3 Å². The van der Waals surface area contributed by atoms with E-state index in [9.17, 15) is 36.6 Å². The first-order valence-corrected chi connectivity index (χ1v) is 11.1. The Hall–Kier alpha value is -2.47. The van der Waals surface area contributed by atoms with Gasteiger partial charge in [-0.1, -0.05) is 11.6 Å². The fourth-order valence-corrected chi connectivity index (χ4v) is 4.73. The number of rotatable bonds is 3. The summed E-state index contributed by atoms with van der Waals surface area (Å²) in [5.74, 6) is -4.78. The molecule has 2 aromatic heterocycles. The lowest BCUT2D eigenvalue weighted by molar-refractivity contribution is -0.143. The highest BCUT2D eigenvalue weighted by molar-refractivity contribution is 6.36. The van der Waals surface area contributed by atoms with Crippen molar-refractivity contribution in [2.24, 2.45) is 0 Å². The summed E-state index contributed by atoms with van der Waals surface area (Å²) >= 11 is 6.15. The molecule has 1 saturated carbocycles. The minimum absolute atomic E-state index is 0.0459. The highest BCUT2D eigenvalue weighted by Gasteiger charge is 2.40. The Morgan fingerprint density at radius 1 is 1.12 bits per heavy atom. The van der Waals surface area contributed by atoms with Gasteiger partial charge in [-0.2, -0.15) is 18.3 Å². The van der Waals surface area contributed by atoms with Crippen LogP contribution in [0.2, 0.25) is 5.02 Å². The van der Waals surface area contributed by atoms with E-state index in [2.05, 4.69) is 5.10 Å². The first-order valence-electron chi connectivity index (χ1n) is 10.7. The highest BCUT2D eigenvalue weighted by Crippen LogP contribution is 2.38. The van der Waals surface area contributed by atoms with Crippen LogP contribution in [0.3, 0.4) is 0 Å². The van der Waals surface area contributed by atoms with Gasteiger partial charge in [0.05, 0.1) is 16.6 Å². The van der Waals surface area contributed by atoms with Gasteiger partial charge in [-0.3, -0.25) is 9.59 Å². The standard InChI is InChI=1S/C21H22ClF5N4O3/c1-20(23,24)11-8-14-17(22)18(28-31(14)15(9-11)21(25,26)27)19(34)29-6-7-30(16(33)10-29)12-2-4-13(32)5-3-12/h8-9,12-13,32H,2-7,10H2,1H3/t12-,13-. The normalized spacial score (nSPS) is 22.5. The quantitative estimate of drug-likeness (QED) is 0.641. The summed E-state index contributed by atoms with van der Waals surface area (Å²) in [5.41, 5.74) is -3.45. The Kier molecular flexibility index (Phi) is 6.26. The summed E-state index contributed by atoms with van der Waals surface area (Å²) in [4.78, 5) is 28.5. The van der Waals surface area contributed by atoms with Crippen LogP contribution in [-0.2, 0) is 16.9 Å². The summed E-state index contributed by atoms with van der Waals surface area (Å²) in [6, 6.07) is 0.992. The van der Waals surface area contributed by atoms with Crippen molar-refractivity contribution in [2.45, 2.75) is 56.9 Å². The maximum Gasteiger partial charge on any atom is 0.433 e. The lowest BCUT2D eigenvalue weighted by Crippen LogP contribution is -2.56. The van der Waals surface area contributed by atoms with E-state index in [1.54, 1.807) is 4.90 Å². The lowest BCUT2D eigenvalue weighted by atomic mass is 9.91. The van der Waals surface area contributed by atoms with Crippen molar-refractivity contribution in [3.8, 4) is 0 Å². The van der Waals surface area contributed by atoms with E-state index in [0.717, 1.165) is 11.0 Å². The summed E-state index contributed by atoms with van der Waals surface area (Å²) in [5, 5.41) is 12.9. The third-order valence-electron chi connectivity index (χ3n) is 6.33. The molecule has 0 unspecified atom stereocenters. The fraction of sp³-hybridized carbons (Fsp3) is 0.571. The summed E-state index contributed by atoms with van der Waals surface area (Å²) in [6.07, 6.45) is -2.98. The van der Waals surface area contributed by atoms with Crippen molar-refractivity contribution in [3.63, 3.8) is 0 Å². The number of hydrogen-bond donors (Lipinski definition) is 1. The second kappa shape index (κ2) is 8.63. The van der Waals surface area contributed by atoms with Crippen LogP contribution in [0, 0.1) is 0 Å². The van der Waals surface area contributed by atoms with Gasteiger partial charge >= 0.3 is 6.18 Å². The van der Waals surface area contributed by atoms with Crippen LogP contribution in [-0.4, -0.2) is 68.1 Å². The first-order chi connectivity index (χ1) is 15.8. The van der Waals surface area contributed by atoms with Gasteiger partial charge in [0.1, 0.15) is 12.2 Å². The van der Waals surface area contributed by atoms with Crippen LogP contribution in [0.1, 0.15) is 54.4 Å². The summed E-state index contributed by atoms with van der Waals surface area (Å²) in [7, 11) is 0. The number of alkyl halides is 5. The smallest absolute Gasteiger partial charge is 0.393 e. The van der Waals surface area contributed by atoms with E-state index in [0.29, 0.717) is 37.1 Å². The predicted molar refractivity (Wildman–Crippen MR) is 111 cm³/mol. The van der Waals surface area contributed by atoms with Crippen LogP contribution in [0.5, 0.6) is 0 Å². The summed E-state index contributed by atoms with van der Waals surface area (Å²) < 4.78 is 68.7. The van der Waals surface area contributed by atoms with Crippen LogP contribution < -0.4 is 0 Å². The highest BCUT2D eigenvalue weighted by atomic mass is 35.5. The molecule has 1 saturated heterocycles. The Labute approximate surface area is 196 Å².